The molecule has 8 unspecified atom stereocenters. The maximum atomic E-state index is 7.61. The Balaban J connectivity index is 1.44. The number of halogens is 2. The number of rotatable bonds is 8. The molecule has 6 rings (SSSR count). The predicted octanol–water partition coefficient (Wildman–Crippen LogP) is 2.14. The highest BCUT2D eigenvalue weighted by Gasteiger charge is 2.88. The van der Waals surface area contributed by atoms with E-state index in [0.29, 0.717) is 39.3 Å². The summed E-state index contributed by atoms with van der Waals surface area (Å²) in [5.74, 6) is 0. The summed E-state index contributed by atoms with van der Waals surface area (Å²) in [6, 6.07) is 0. The van der Waals surface area contributed by atoms with Gasteiger partial charge in [-0.05, 0) is 12.8 Å². The quantitative estimate of drug-likeness (QED) is 0.373. The highest BCUT2D eigenvalue weighted by Crippen LogP contribution is 2.68. The van der Waals surface area contributed by atoms with Gasteiger partial charge in [0.05, 0.1) is 25.4 Å². The minimum Gasteiger partial charge on any atom is -0.375 e. The standard InChI is InChI=1S/C20H30Cl2O8Si/c1-23-15-11-19(29-15,17(5-9-27-17)13-3-7-25-13)31(21,22)20(12-16(24-2)30-20)18(6-10-28-18)14-4-8-26-14/h13-16H,3-12H2,1-2H3. The normalized spacial score (nSPS) is 53.8. The highest BCUT2D eigenvalue weighted by molar-refractivity contribution is 7.48. The molecule has 31 heavy (non-hydrogen) atoms. The minimum absolute atomic E-state index is 0.100. The van der Waals surface area contributed by atoms with Crippen LogP contribution in [0.2, 0.25) is 0 Å². The lowest BCUT2D eigenvalue weighted by atomic mass is 9.74. The summed E-state index contributed by atoms with van der Waals surface area (Å²) < 4.78 is 48.5. The van der Waals surface area contributed by atoms with Crippen LogP contribution in [0, 0.1) is 0 Å². The fourth-order valence-corrected chi connectivity index (χ4v) is 13.7. The largest absolute Gasteiger partial charge is 0.375 e. The molecule has 0 saturated carbocycles. The van der Waals surface area contributed by atoms with Crippen LogP contribution < -0.4 is 0 Å². The Morgan fingerprint density at radius 2 is 1.10 bits per heavy atom. The lowest BCUT2D eigenvalue weighted by Gasteiger charge is -2.74. The van der Waals surface area contributed by atoms with Crippen molar-refractivity contribution in [1.82, 2.24) is 0 Å². The third kappa shape index (κ3) is 2.45. The first-order valence-corrected chi connectivity index (χ1v) is 15.2. The summed E-state index contributed by atoms with van der Waals surface area (Å²) in [5, 5.41) is -1.89. The van der Waals surface area contributed by atoms with E-state index in [9.17, 15) is 0 Å². The second-order valence-electron chi connectivity index (χ2n) is 9.48. The number of hydrogen-bond acceptors (Lipinski definition) is 8. The van der Waals surface area contributed by atoms with Crippen molar-refractivity contribution in [2.75, 3.05) is 40.6 Å². The maximum Gasteiger partial charge on any atom is 0.319 e. The topological polar surface area (TPSA) is 73.8 Å². The molecule has 0 N–H and O–H groups in total. The molecule has 0 aromatic rings. The molecule has 0 amide bonds. The SMILES string of the molecule is COC1CC(C2(C3CCO3)CCO2)([Si](Cl)(Cl)C2(C3(C4CCO4)CCO3)CC(OC)O2)O1. The van der Waals surface area contributed by atoms with E-state index in [1.54, 1.807) is 14.2 Å². The summed E-state index contributed by atoms with van der Waals surface area (Å²) in [6.45, 7) is -0.861. The molecule has 8 atom stereocenters. The van der Waals surface area contributed by atoms with Crippen molar-refractivity contribution in [1.29, 1.82) is 0 Å². The lowest BCUT2D eigenvalue weighted by molar-refractivity contribution is -0.404. The van der Waals surface area contributed by atoms with Crippen LogP contribution in [0.25, 0.3) is 0 Å². The van der Waals surface area contributed by atoms with Gasteiger partial charge in [0, 0.05) is 53.1 Å². The van der Waals surface area contributed by atoms with Crippen LogP contribution >= 0.6 is 22.2 Å². The molecule has 11 heteroatoms. The summed E-state index contributed by atoms with van der Waals surface area (Å²) in [6.07, 6.45) is 3.43. The van der Waals surface area contributed by atoms with Gasteiger partial charge in [-0.3, -0.25) is 0 Å². The molecule has 0 aliphatic carbocycles. The first-order chi connectivity index (χ1) is 14.9. The van der Waals surface area contributed by atoms with Gasteiger partial charge in [-0.1, -0.05) is 0 Å². The Kier molecular flexibility index (Phi) is 5.13. The van der Waals surface area contributed by atoms with Gasteiger partial charge in [0.25, 0.3) is 0 Å². The fraction of sp³-hybridized carbons (Fsp3) is 1.00. The van der Waals surface area contributed by atoms with Crippen molar-refractivity contribution < 1.29 is 37.9 Å². The zero-order valence-corrected chi connectivity index (χ0v) is 20.4. The molecule has 6 heterocycles. The van der Waals surface area contributed by atoms with E-state index in [-0.39, 0.29) is 24.8 Å². The number of methoxy groups -OCH3 is 2. The molecular weight excluding hydrogens is 467 g/mol. The molecule has 6 aliphatic rings. The van der Waals surface area contributed by atoms with Gasteiger partial charge in [0.1, 0.15) is 21.7 Å². The summed E-state index contributed by atoms with van der Waals surface area (Å²) in [7, 11) is 3.26. The summed E-state index contributed by atoms with van der Waals surface area (Å²) in [5.41, 5.74) is -1.40. The van der Waals surface area contributed by atoms with E-state index >= 15 is 0 Å². The maximum absolute atomic E-state index is 7.61. The van der Waals surface area contributed by atoms with Gasteiger partial charge in [-0.15, -0.1) is 22.2 Å². The first kappa shape index (κ1) is 22.0. The van der Waals surface area contributed by atoms with Crippen LogP contribution in [0.5, 0.6) is 0 Å². The molecule has 0 aromatic heterocycles. The van der Waals surface area contributed by atoms with Crippen LogP contribution in [0.1, 0.15) is 38.5 Å². The van der Waals surface area contributed by atoms with Crippen molar-refractivity contribution in [3.63, 3.8) is 0 Å². The molecule has 0 radical (unpaired) electrons. The highest BCUT2D eigenvalue weighted by atomic mass is 35.7. The summed E-state index contributed by atoms with van der Waals surface area (Å²) >= 11 is 15.2. The second-order valence-corrected chi connectivity index (χ2v) is 16.2. The second kappa shape index (κ2) is 7.24. The van der Waals surface area contributed by atoms with Gasteiger partial charge in [0.2, 0.25) is 0 Å². The van der Waals surface area contributed by atoms with Crippen molar-refractivity contribution in [3.8, 4) is 0 Å². The molecule has 0 bridgehead atoms. The summed E-state index contributed by atoms with van der Waals surface area (Å²) in [4.78, 5) is 0. The molecule has 176 valence electrons. The molecule has 8 nitrogen and oxygen atoms in total. The smallest absolute Gasteiger partial charge is 0.319 e. The van der Waals surface area contributed by atoms with E-state index in [0.717, 1.165) is 25.7 Å². The van der Waals surface area contributed by atoms with Crippen LogP contribution in [0.15, 0.2) is 0 Å². The zero-order chi connectivity index (χ0) is 21.5. The molecule has 0 aromatic carbocycles. The van der Waals surface area contributed by atoms with Crippen LogP contribution in [-0.4, -0.2) is 93.8 Å². The van der Waals surface area contributed by atoms with E-state index < -0.39 is 28.3 Å². The molecule has 6 fully saturated rings. The Labute approximate surface area is 192 Å². The van der Waals surface area contributed by atoms with Gasteiger partial charge >= 0.3 is 6.69 Å². The van der Waals surface area contributed by atoms with Crippen molar-refractivity contribution in [2.45, 2.75) is 85.0 Å². The first-order valence-electron chi connectivity index (χ1n) is 11.2. The van der Waals surface area contributed by atoms with Gasteiger partial charge in [-0.2, -0.15) is 0 Å². The van der Waals surface area contributed by atoms with E-state index in [2.05, 4.69) is 0 Å². The van der Waals surface area contributed by atoms with Gasteiger partial charge in [0.15, 0.2) is 12.6 Å². The molecule has 0 spiro atoms. The Morgan fingerprint density at radius 1 is 0.742 bits per heavy atom. The monoisotopic (exact) mass is 496 g/mol. The third-order valence-electron chi connectivity index (χ3n) is 8.59. The average molecular weight is 497 g/mol. The predicted molar refractivity (Wildman–Crippen MR) is 111 cm³/mol. The lowest BCUT2D eigenvalue weighted by Crippen LogP contribution is -2.93. The minimum atomic E-state index is -3.52. The number of ether oxygens (including phenoxy) is 8. The van der Waals surface area contributed by atoms with Crippen molar-refractivity contribution in [3.05, 3.63) is 0 Å². The fourth-order valence-electron chi connectivity index (χ4n) is 6.48. The molecule has 6 saturated heterocycles. The number of hydrogen-bond donors (Lipinski definition) is 0. The van der Waals surface area contributed by atoms with Crippen LogP contribution in [-0.2, 0) is 37.9 Å². The molecular formula is C20H30Cl2O8Si. The zero-order valence-electron chi connectivity index (χ0n) is 17.9. The Morgan fingerprint density at radius 3 is 1.29 bits per heavy atom. The van der Waals surface area contributed by atoms with E-state index in [4.69, 9.17) is 60.1 Å². The third-order valence-corrected chi connectivity index (χ3v) is 15.8. The Hall–Kier alpha value is 0.477. The van der Waals surface area contributed by atoms with Gasteiger partial charge < -0.3 is 37.9 Å². The van der Waals surface area contributed by atoms with Crippen LogP contribution in [0.3, 0.4) is 0 Å². The average Bonchev–Trinajstić information content (AvgIpc) is 2.51. The Bertz CT molecular complexity index is 652. The van der Waals surface area contributed by atoms with Crippen molar-refractivity contribution in [2.24, 2.45) is 0 Å². The van der Waals surface area contributed by atoms with Gasteiger partial charge in [-0.25, -0.2) is 0 Å². The van der Waals surface area contributed by atoms with E-state index in [1.807, 2.05) is 0 Å². The van der Waals surface area contributed by atoms with Crippen LogP contribution in [0.4, 0.5) is 0 Å². The van der Waals surface area contributed by atoms with Crippen molar-refractivity contribution >= 4 is 28.9 Å². The molecule has 6 aliphatic heterocycles. The van der Waals surface area contributed by atoms with E-state index in [1.165, 1.54) is 0 Å².